The molecule has 0 radical (unpaired) electrons. The molecule has 1 aliphatic heterocycles. The van der Waals surface area contributed by atoms with Crippen LogP contribution in [0, 0.1) is 0 Å². The van der Waals surface area contributed by atoms with Crippen LogP contribution in [-0.2, 0) is 4.74 Å². The van der Waals surface area contributed by atoms with Gasteiger partial charge in [-0.15, -0.1) is 0 Å². The second-order valence-corrected chi connectivity index (χ2v) is 6.83. The van der Waals surface area contributed by atoms with Gasteiger partial charge in [0, 0.05) is 29.5 Å². The predicted molar refractivity (Wildman–Crippen MR) is 80.9 cm³/mol. The Morgan fingerprint density at radius 1 is 1.11 bits per heavy atom. The lowest BCUT2D eigenvalue weighted by atomic mass is 9.81. The van der Waals surface area contributed by atoms with E-state index in [0.29, 0.717) is 0 Å². The Bertz CT molecular complexity index is 432. The molecule has 104 valence electrons. The van der Waals surface area contributed by atoms with E-state index in [-0.39, 0.29) is 17.2 Å². The molecule has 19 heavy (non-hydrogen) atoms. The highest BCUT2D eigenvalue weighted by atomic mass is 16.5. The number of benzene rings is 1. The van der Waals surface area contributed by atoms with E-state index in [0.717, 1.165) is 24.2 Å². The minimum Gasteiger partial charge on any atom is -0.490 e. The number of hydrogen-bond donors (Lipinski definition) is 1. The van der Waals surface area contributed by atoms with Crippen molar-refractivity contribution in [2.45, 2.75) is 57.7 Å². The normalized spacial score (nSPS) is 21.9. The second kappa shape index (κ2) is 5.01. The molecule has 0 aromatic heterocycles. The Hall–Kier alpha value is -1.28. The first-order valence-electron chi connectivity index (χ1n) is 6.98. The van der Waals surface area contributed by atoms with E-state index < -0.39 is 0 Å². The zero-order valence-corrected chi connectivity index (χ0v) is 12.5. The Morgan fingerprint density at radius 3 is 2.16 bits per heavy atom. The van der Waals surface area contributed by atoms with E-state index in [9.17, 15) is 0 Å². The molecule has 1 aromatic rings. The summed E-state index contributed by atoms with van der Waals surface area (Å²) in [6.07, 6.45) is 2.23. The largest absolute Gasteiger partial charge is 0.490 e. The second-order valence-electron chi connectivity index (χ2n) is 6.83. The topological polar surface area (TPSA) is 21.3 Å². The fraction of sp³-hybridized carbons (Fsp3) is 0.529. The fourth-order valence-electron chi connectivity index (χ4n) is 3.21. The van der Waals surface area contributed by atoms with Gasteiger partial charge in [0.25, 0.3) is 0 Å². The number of piperidine rings is 1. The lowest BCUT2D eigenvalue weighted by Crippen LogP contribution is -2.59. The summed E-state index contributed by atoms with van der Waals surface area (Å²) in [5, 5.41) is 3.67. The minimum atomic E-state index is 0.101. The number of ether oxygens (including phenoxy) is 1. The lowest BCUT2D eigenvalue weighted by molar-refractivity contribution is 0.0389. The van der Waals surface area contributed by atoms with Crippen molar-refractivity contribution in [2.24, 2.45) is 0 Å². The van der Waals surface area contributed by atoms with Gasteiger partial charge in [-0.05, 0) is 27.7 Å². The Balaban J connectivity index is 2.05. The van der Waals surface area contributed by atoms with Gasteiger partial charge in [0.05, 0.1) is 0 Å². The van der Waals surface area contributed by atoms with Crippen LogP contribution >= 0.6 is 0 Å². The van der Waals surface area contributed by atoms with Gasteiger partial charge < -0.3 is 10.1 Å². The van der Waals surface area contributed by atoms with E-state index in [1.165, 1.54) is 0 Å². The van der Waals surface area contributed by atoms with Crippen molar-refractivity contribution in [3.63, 3.8) is 0 Å². The summed E-state index contributed by atoms with van der Waals surface area (Å²) < 4.78 is 6.11. The molecule has 1 saturated heterocycles. The van der Waals surface area contributed by atoms with Gasteiger partial charge in [-0.3, -0.25) is 0 Å². The molecule has 0 spiro atoms. The molecule has 2 rings (SSSR count). The van der Waals surface area contributed by atoms with Gasteiger partial charge in [0.2, 0.25) is 0 Å². The van der Waals surface area contributed by atoms with Crippen LogP contribution in [0.4, 0.5) is 0 Å². The van der Waals surface area contributed by atoms with Gasteiger partial charge >= 0.3 is 0 Å². The summed E-state index contributed by atoms with van der Waals surface area (Å²) in [6, 6.07) is 10.1. The Morgan fingerprint density at radius 2 is 1.63 bits per heavy atom. The molecule has 1 heterocycles. The maximum absolute atomic E-state index is 6.11. The number of rotatable bonds is 3. The van der Waals surface area contributed by atoms with Crippen molar-refractivity contribution in [1.29, 1.82) is 0 Å². The highest BCUT2D eigenvalue weighted by Gasteiger charge is 2.38. The van der Waals surface area contributed by atoms with Crippen molar-refractivity contribution in [1.82, 2.24) is 5.32 Å². The fourth-order valence-corrected chi connectivity index (χ4v) is 3.21. The molecule has 1 fully saturated rings. The third-order valence-electron chi connectivity index (χ3n) is 3.56. The van der Waals surface area contributed by atoms with E-state index in [1.54, 1.807) is 0 Å². The summed E-state index contributed by atoms with van der Waals surface area (Å²) in [6.45, 7) is 13.0. The van der Waals surface area contributed by atoms with Crippen LogP contribution in [-0.4, -0.2) is 17.2 Å². The van der Waals surface area contributed by atoms with Gasteiger partial charge in [0.15, 0.2) is 0 Å². The SMILES string of the molecule is C=C(OC1CC(C)(C)NC(C)(C)C1)c1ccccc1. The van der Waals surface area contributed by atoms with Crippen molar-refractivity contribution in [2.75, 3.05) is 0 Å². The maximum atomic E-state index is 6.11. The quantitative estimate of drug-likeness (QED) is 0.829. The average Bonchev–Trinajstić information content (AvgIpc) is 2.25. The summed E-state index contributed by atoms with van der Waals surface area (Å²) >= 11 is 0. The molecular weight excluding hydrogens is 234 g/mol. The van der Waals surface area contributed by atoms with Crippen LogP contribution < -0.4 is 5.32 Å². The van der Waals surface area contributed by atoms with Gasteiger partial charge in [-0.25, -0.2) is 0 Å². The first kappa shape index (κ1) is 14.1. The van der Waals surface area contributed by atoms with Crippen LogP contribution in [0.25, 0.3) is 5.76 Å². The Kier molecular flexibility index (Phi) is 3.73. The Labute approximate surface area is 116 Å². The van der Waals surface area contributed by atoms with Crippen molar-refractivity contribution in [3.8, 4) is 0 Å². The molecule has 0 atom stereocenters. The molecular formula is C17H25NO. The van der Waals surface area contributed by atoms with Crippen LogP contribution in [0.2, 0.25) is 0 Å². The minimum absolute atomic E-state index is 0.101. The first-order chi connectivity index (χ1) is 8.77. The molecule has 2 nitrogen and oxygen atoms in total. The summed E-state index contributed by atoms with van der Waals surface area (Å²) in [4.78, 5) is 0. The lowest BCUT2D eigenvalue weighted by Gasteiger charge is -2.46. The van der Waals surface area contributed by atoms with E-state index in [2.05, 4.69) is 39.6 Å². The molecule has 1 N–H and O–H groups in total. The third kappa shape index (κ3) is 3.84. The first-order valence-corrected chi connectivity index (χ1v) is 6.98. The van der Waals surface area contributed by atoms with Crippen LogP contribution in [0.3, 0.4) is 0 Å². The summed E-state index contributed by atoms with van der Waals surface area (Å²) in [5.74, 6) is 0.777. The maximum Gasteiger partial charge on any atom is 0.119 e. The van der Waals surface area contributed by atoms with E-state index in [4.69, 9.17) is 4.74 Å². The summed E-state index contributed by atoms with van der Waals surface area (Å²) in [5.41, 5.74) is 1.27. The van der Waals surface area contributed by atoms with Gasteiger partial charge in [0.1, 0.15) is 11.9 Å². The molecule has 0 amide bonds. The molecule has 0 saturated carbocycles. The molecule has 0 aliphatic carbocycles. The monoisotopic (exact) mass is 259 g/mol. The molecule has 2 heteroatoms. The van der Waals surface area contributed by atoms with Crippen molar-refractivity contribution >= 4 is 5.76 Å². The van der Waals surface area contributed by atoms with Crippen molar-refractivity contribution < 1.29 is 4.74 Å². The standard InChI is InChI=1S/C17H25NO/c1-13(14-9-7-6-8-10-14)19-15-11-16(2,3)18-17(4,5)12-15/h6-10,15,18H,1,11-12H2,2-5H3. The van der Waals surface area contributed by atoms with Gasteiger partial charge in [-0.2, -0.15) is 0 Å². The molecule has 0 unspecified atom stereocenters. The van der Waals surface area contributed by atoms with E-state index >= 15 is 0 Å². The van der Waals surface area contributed by atoms with E-state index in [1.807, 2.05) is 30.3 Å². The smallest absolute Gasteiger partial charge is 0.119 e. The van der Waals surface area contributed by atoms with Gasteiger partial charge in [-0.1, -0.05) is 36.9 Å². The molecule has 1 aromatic carbocycles. The molecule has 1 aliphatic rings. The highest BCUT2D eigenvalue weighted by molar-refractivity contribution is 5.57. The molecule has 0 bridgehead atoms. The average molecular weight is 259 g/mol. The number of nitrogens with one attached hydrogen (secondary N) is 1. The van der Waals surface area contributed by atoms with Crippen LogP contribution in [0.5, 0.6) is 0 Å². The predicted octanol–water partition coefficient (Wildman–Crippen LogP) is 3.98. The highest BCUT2D eigenvalue weighted by Crippen LogP contribution is 2.32. The third-order valence-corrected chi connectivity index (χ3v) is 3.56. The zero-order chi connectivity index (χ0) is 14.1. The van der Waals surface area contributed by atoms with Crippen LogP contribution in [0.15, 0.2) is 36.9 Å². The summed E-state index contributed by atoms with van der Waals surface area (Å²) in [7, 11) is 0. The van der Waals surface area contributed by atoms with Crippen LogP contribution in [0.1, 0.15) is 46.1 Å². The van der Waals surface area contributed by atoms with Crippen molar-refractivity contribution in [3.05, 3.63) is 42.5 Å². The zero-order valence-electron chi connectivity index (χ0n) is 12.5. The number of hydrogen-bond acceptors (Lipinski definition) is 2.